The molecule has 0 aromatic rings. The number of allylic oxidation sites excluding steroid dienone is 8. The Labute approximate surface area is 135 Å². The lowest BCUT2D eigenvalue weighted by Crippen LogP contribution is -2.04. The maximum Gasteiger partial charge on any atom is 0.303 e. The second-order valence-corrected chi connectivity index (χ2v) is 5.92. The largest absolute Gasteiger partial charge is 0.481 e. The first-order valence-electron chi connectivity index (χ1n) is 8.55. The summed E-state index contributed by atoms with van der Waals surface area (Å²) in [6.45, 7) is 2.07. The van der Waals surface area contributed by atoms with Gasteiger partial charge in [-0.25, -0.2) is 0 Å². The van der Waals surface area contributed by atoms with Gasteiger partial charge in [0.1, 0.15) is 0 Å². The van der Waals surface area contributed by atoms with Gasteiger partial charge in [0.25, 0.3) is 0 Å². The Balaban J connectivity index is 2.19. The quantitative estimate of drug-likeness (QED) is 0.393. The average Bonchev–Trinajstić information content (AvgIpc) is 2.93. The lowest BCUT2D eigenvalue weighted by Gasteiger charge is -2.13. The van der Waals surface area contributed by atoms with Crippen LogP contribution >= 0.6 is 0 Å². The van der Waals surface area contributed by atoms with E-state index in [1.54, 1.807) is 0 Å². The van der Waals surface area contributed by atoms with Crippen LogP contribution in [0.5, 0.6) is 0 Å². The molecule has 2 atom stereocenters. The molecule has 0 bridgehead atoms. The van der Waals surface area contributed by atoms with E-state index in [4.69, 9.17) is 5.11 Å². The summed E-state index contributed by atoms with van der Waals surface area (Å²) in [6, 6.07) is 0. The molecule has 0 fully saturated rings. The molecule has 0 saturated carbocycles. The summed E-state index contributed by atoms with van der Waals surface area (Å²) in [7, 11) is 0. The number of hydrogen-bond donors (Lipinski definition) is 1. The van der Waals surface area contributed by atoms with Crippen LogP contribution in [0.3, 0.4) is 0 Å². The Hall–Kier alpha value is -1.57. The highest BCUT2D eigenvalue weighted by Gasteiger charge is 2.18. The molecule has 0 spiro atoms. The molecule has 0 unspecified atom stereocenters. The van der Waals surface area contributed by atoms with Crippen LogP contribution in [0.4, 0.5) is 0 Å². The van der Waals surface area contributed by atoms with Crippen molar-refractivity contribution in [2.24, 2.45) is 11.8 Å². The van der Waals surface area contributed by atoms with E-state index in [-0.39, 0.29) is 6.42 Å². The molecule has 122 valence electrons. The Morgan fingerprint density at radius 1 is 1.14 bits per heavy atom. The van der Waals surface area contributed by atoms with Gasteiger partial charge in [-0.2, -0.15) is 0 Å². The van der Waals surface area contributed by atoms with E-state index in [2.05, 4.69) is 55.5 Å². The third-order valence-corrected chi connectivity index (χ3v) is 4.04. The van der Waals surface area contributed by atoms with Crippen LogP contribution in [-0.4, -0.2) is 11.1 Å². The SMILES string of the molecule is CC=CCCCC=C[C@H]1C=CC[C@@H]1CC=CCCCC(=O)O. The molecule has 0 aromatic carbocycles. The minimum absolute atomic E-state index is 0.272. The first-order valence-corrected chi connectivity index (χ1v) is 8.55. The minimum atomic E-state index is -0.701. The molecular weight excluding hydrogens is 272 g/mol. The number of carbonyl (C=O) groups is 1. The van der Waals surface area contributed by atoms with Crippen molar-refractivity contribution >= 4 is 5.97 Å². The molecule has 0 saturated heterocycles. The van der Waals surface area contributed by atoms with Crippen LogP contribution in [0, 0.1) is 11.8 Å². The fourth-order valence-corrected chi connectivity index (χ4v) is 2.73. The van der Waals surface area contributed by atoms with Crippen LogP contribution in [-0.2, 0) is 4.79 Å². The highest BCUT2D eigenvalue weighted by atomic mass is 16.4. The van der Waals surface area contributed by atoms with Gasteiger partial charge in [-0.05, 0) is 63.7 Å². The topological polar surface area (TPSA) is 37.3 Å². The van der Waals surface area contributed by atoms with Crippen LogP contribution in [0.25, 0.3) is 0 Å². The van der Waals surface area contributed by atoms with Crippen molar-refractivity contribution in [3.63, 3.8) is 0 Å². The zero-order valence-electron chi connectivity index (χ0n) is 13.8. The average molecular weight is 302 g/mol. The third-order valence-electron chi connectivity index (χ3n) is 4.04. The first-order chi connectivity index (χ1) is 10.7. The van der Waals surface area contributed by atoms with E-state index >= 15 is 0 Å². The van der Waals surface area contributed by atoms with E-state index in [1.165, 1.54) is 12.8 Å². The van der Waals surface area contributed by atoms with E-state index < -0.39 is 5.97 Å². The van der Waals surface area contributed by atoms with E-state index in [0.29, 0.717) is 11.8 Å². The van der Waals surface area contributed by atoms with Gasteiger partial charge in [-0.3, -0.25) is 4.79 Å². The molecule has 2 nitrogen and oxygen atoms in total. The molecule has 0 amide bonds. The van der Waals surface area contributed by atoms with Crippen molar-refractivity contribution in [2.45, 2.75) is 58.3 Å². The number of hydrogen-bond acceptors (Lipinski definition) is 1. The maximum atomic E-state index is 10.4. The van der Waals surface area contributed by atoms with Crippen LogP contribution in [0.1, 0.15) is 58.3 Å². The summed E-state index contributed by atoms with van der Waals surface area (Å²) in [6.07, 6.45) is 25.7. The molecule has 0 radical (unpaired) electrons. The molecule has 0 aliphatic heterocycles. The first kappa shape index (κ1) is 18.5. The fourth-order valence-electron chi connectivity index (χ4n) is 2.73. The minimum Gasteiger partial charge on any atom is -0.481 e. The van der Waals surface area contributed by atoms with Gasteiger partial charge in [-0.1, -0.05) is 48.6 Å². The standard InChI is InChI=1S/C20H30O2/c1-2-3-4-5-6-9-13-18-15-12-16-19(18)14-10-7-8-11-17-20(21)22/h2-3,7,9-10,12-13,15,18-19H,4-6,8,11,14,16-17H2,1H3,(H,21,22)/t18-,19-/m0/s1. The number of carboxylic acid groups (broad SMARTS) is 1. The third kappa shape index (κ3) is 8.66. The normalized spacial score (nSPS) is 21.7. The van der Waals surface area contributed by atoms with Crippen molar-refractivity contribution < 1.29 is 9.90 Å². The van der Waals surface area contributed by atoms with E-state index in [0.717, 1.165) is 32.1 Å². The van der Waals surface area contributed by atoms with Gasteiger partial charge in [0, 0.05) is 6.42 Å². The van der Waals surface area contributed by atoms with Crippen LogP contribution < -0.4 is 0 Å². The molecule has 0 heterocycles. The molecule has 0 aromatic heterocycles. The molecule has 1 rings (SSSR count). The summed E-state index contributed by atoms with van der Waals surface area (Å²) < 4.78 is 0. The zero-order valence-corrected chi connectivity index (χ0v) is 13.8. The lowest BCUT2D eigenvalue weighted by atomic mass is 9.91. The maximum absolute atomic E-state index is 10.4. The predicted octanol–water partition coefficient (Wildman–Crippen LogP) is 5.68. The summed E-state index contributed by atoms with van der Waals surface area (Å²) in [4.78, 5) is 10.4. The number of carboxylic acids is 1. The second kappa shape index (κ2) is 12.0. The monoisotopic (exact) mass is 302 g/mol. The molecule has 1 aliphatic rings. The van der Waals surface area contributed by atoms with Crippen molar-refractivity contribution in [2.75, 3.05) is 0 Å². The van der Waals surface area contributed by atoms with Crippen molar-refractivity contribution in [1.82, 2.24) is 0 Å². The van der Waals surface area contributed by atoms with E-state index in [9.17, 15) is 4.79 Å². The second-order valence-electron chi connectivity index (χ2n) is 5.92. The Morgan fingerprint density at radius 3 is 2.68 bits per heavy atom. The van der Waals surface area contributed by atoms with Crippen molar-refractivity contribution in [3.05, 3.63) is 48.6 Å². The summed E-state index contributed by atoms with van der Waals surface area (Å²) in [5.74, 6) is 0.556. The van der Waals surface area contributed by atoms with Gasteiger partial charge in [0.2, 0.25) is 0 Å². The summed E-state index contributed by atoms with van der Waals surface area (Å²) in [5.41, 5.74) is 0. The molecule has 2 heteroatoms. The van der Waals surface area contributed by atoms with Gasteiger partial charge in [0.05, 0.1) is 0 Å². The van der Waals surface area contributed by atoms with Crippen molar-refractivity contribution in [1.29, 1.82) is 0 Å². The van der Waals surface area contributed by atoms with Gasteiger partial charge in [-0.15, -0.1) is 0 Å². The van der Waals surface area contributed by atoms with Crippen LogP contribution in [0.2, 0.25) is 0 Å². The zero-order chi connectivity index (χ0) is 16.0. The van der Waals surface area contributed by atoms with Gasteiger partial charge < -0.3 is 5.11 Å². The Kier molecular flexibility index (Phi) is 10.1. The highest BCUT2D eigenvalue weighted by molar-refractivity contribution is 5.66. The van der Waals surface area contributed by atoms with Gasteiger partial charge >= 0.3 is 5.97 Å². The molecule has 1 N–H and O–H groups in total. The fraction of sp³-hybridized carbons (Fsp3) is 0.550. The lowest BCUT2D eigenvalue weighted by molar-refractivity contribution is -0.137. The van der Waals surface area contributed by atoms with E-state index in [1.807, 2.05) is 0 Å². The summed E-state index contributed by atoms with van der Waals surface area (Å²) >= 11 is 0. The predicted molar refractivity (Wildman–Crippen MR) is 93.8 cm³/mol. The smallest absolute Gasteiger partial charge is 0.303 e. The summed E-state index contributed by atoms with van der Waals surface area (Å²) in [5, 5.41) is 8.58. The van der Waals surface area contributed by atoms with Gasteiger partial charge in [0.15, 0.2) is 0 Å². The van der Waals surface area contributed by atoms with Crippen LogP contribution in [0.15, 0.2) is 48.6 Å². The Morgan fingerprint density at radius 2 is 1.91 bits per heavy atom. The molecular formula is C20H30O2. The van der Waals surface area contributed by atoms with Crippen molar-refractivity contribution in [3.8, 4) is 0 Å². The number of aliphatic carboxylic acids is 1. The molecule has 1 aliphatic carbocycles. The molecule has 22 heavy (non-hydrogen) atoms. The highest BCUT2D eigenvalue weighted by Crippen LogP contribution is 2.29. The number of rotatable bonds is 11. The Bertz CT molecular complexity index is 415. The number of unbranched alkanes of at least 4 members (excludes halogenated alkanes) is 3.